The molecule has 22 heavy (non-hydrogen) atoms. The zero-order valence-electron chi connectivity index (χ0n) is 11.6. The molecule has 8 heteroatoms. The standard InChI is InChI=1S/C14H12F2N4O2/c1-8-4-13(22)20-14(17-7-18-20)19(8)6-12(21)10-5-9(15)2-3-11(10)16/h2-5,7,12,21H,6H2,1H3. The second kappa shape index (κ2) is 5.30. The zero-order chi connectivity index (χ0) is 15.9. The first-order valence-corrected chi connectivity index (χ1v) is 6.50. The number of hydrogen-bond donors (Lipinski definition) is 1. The topological polar surface area (TPSA) is 72.4 Å². The largest absolute Gasteiger partial charge is 0.386 e. The summed E-state index contributed by atoms with van der Waals surface area (Å²) in [6, 6.07) is 4.21. The second-order valence-electron chi connectivity index (χ2n) is 4.89. The lowest BCUT2D eigenvalue weighted by Crippen LogP contribution is -2.22. The Morgan fingerprint density at radius 3 is 2.86 bits per heavy atom. The van der Waals surface area contributed by atoms with Gasteiger partial charge >= 0.3 is 0 Å². The number of nitrogens with zero attached hydrogens (tertiary/aromatic N) is 4. The molecule has 2 aromatic heterocycles. The normalized spacial score (nSPS) is 12.7. The van der Waals surface area contributed by atoms with Crippen molar-refractivity contribution in [3.05, 3.63) is 63.8 Å². The van der Waals surface area contributed by atoms with Gasteiger partial charge < -0.3 is 9.67 Å². The van der Waals surface area contributed by atoms with Crippen molar-refractivity contribution >= 4 is 5.78 Å². The van der Waals surface area contributed by atoms with E-state index in [2.05, 4.69) is 10.1 Å². The Balaban J connectivity index is 2.05. The summed E-state index contributed by atoms with van der Waals surface area (Å²) in [5.74, 6) is -1.12. The predicted molar refractivity (Wildman–Crippen MR) is 73.3 cm³/mol. The van der Waals surface area contributed by atoms with E-state index in [0.29, 0.717) is 5.69 Å². The van der Waals surface area contributed by atoms with Gasteiger partial charge in [0.25, 0.3) is 5.56 Å². The quantitative estimate of drug-likeness (QED) is 0.789. The van der Waals surface area contributed by atoms with Gasteiger partial charge in [0.1, 0.15) is 18.0 Å². The van der Waals surface area contributed by atoms with Gasteiger partial charge in [0, 0.05) is 17.3 Å². The number of fused-ring (bicyclic) bond motifs is 1. The summed E-state index contributed by atoms with van der Waals surface area (Å²) < 4.78 is 29.5. The van der Waals surface area contributed by atoms with Gasteiger partial charge in [0.2, 0.25) is 5.78 Å². The van der Waals surface area contributed by atoms with Gasteiger partial charge in [-0.3, -0.25) is 4.79 Å². The van der Waals surface area contributed by atoms with Crippen LogP contribution in [-0.2, 0) is 6.54 Å². The molecule has 3 rings (SSSR count). The van der Waals surface area contributed by atoms with E-state index in [-0.39, 0.29) is 23.4 Å². The molecular formula is C14H12F2N4O2. The van der Waals surface area contributed by atoms with E-state index in [1.807, 2.05) is 0 Å². The maximum absolute atomic E-state index is 13.7. The molecule has 1 atom stereocenters. The third-order valence-electron chi connectivity index (χ3n) is 3.41. The highest BCUT2D eigenvalue weighted by Crippen LogP contribution is 2.21. The van der Waals surface area contributed by atoms with Gasteiger partial charge in [-0.15, -0.1) is 0 Å². The molecule has 0 aliphatic rings. The molecule has 1 N–H and O–H groups in total. The molecule has 0 fully saturated rings. The predicted octanol–water partition coefficient (Wildman–Crippen LogP) is 1.21. The van der Waals surface area contributed by atoms with Crippen LogP contribution in [0.5, 0.6) is 0 Å². The number of aliphatic hydroxyl groups is 1. The van der Waals surface area contributed by atoms with Gasteiger partial charge in [-0.2, -0.15) is 14.6 Å². The van der Waals surface area contributed by atoms with Crippen LogP contribution in [-0.4, -0.2) is 24.3 Å². The molecule has 0 radical (unpaired) electrons. The van der Waals surface area contributed by atoms with Crippen molar-refractivity contribution in [2.75, 3.05) is 0 Å². The van der Waals surface area contributed by atoms with Gasteiger partial charge in [-0.1, -0.05) is 0 Å². The van der Waals surface area contributed by atoms with Crippen LogP contribution in [0, 0.1) is 18.6 Å². The molecule has 0 spiro atoms. The molecule has 0 aliphatic carbocycles. The van der Waals surface area contributed by atoms with E-state index < -0.39 is 17.7 Å². The summed E-state index contributed by atoms with van der Waals surface area (Å²) in [5, 5.41) is 14.0. The Labute approximate surface area is 123 Å². The number of aromatic nitrogens is 4. The summed E-state index contributed by atoms with van der Waals surface area (Å²) in [7, 11) is 0. The van der Waals surface area contributed by atoms with Gasteiger partial charge in [0.05, 0.1) is 12.6 Å². The van der Waals surface area contributed by atoms with Crippen LogP contribution in [0.25, 0.3) is 5.78 Å². The zero-order valence-corrected chi connectivity index (χ0v) is 11.6. The minimum atomic E-state index is -1.29. The van der Waals surface area contributed by atoms with Crippen molar-refractivity contribution in [3.8, 4) is 0 Å². The molecule has 0 amide bonds. The lowest BCUT2D eigenvalue weighted by molar-refractivity contribution is 0.151. The highest BCUT2D eigenvalue weighted by atomic mass is 19.1. The van der Waals surface area contributed by atoms with E-state index in [0.717, 1.165) is 22.7 Å². The van der Waals surface area contributed by atoms with Crippen LogP contribution >= 0.6 is 0 Å². The molecule has 114 valence electrons. The first-order chi connectivity index (χ1) is 10.5. The highest BCUT2D eigenvalue weighted by molar-refractivity contribution is 5.30. The van der Waals surface area contributed by atoms with Gasteiger partial charge in [-0.05, 0) is 25.1 Å². The van der Waals surface area contributed by atoms with Crippen molar-refractivity contribution in [2.24, 2.45) is 0 Å². The first-order valence-electron chi connectivity index (χ1n) is 6.50. The summed E-state index contributed by atoms with van der Waals surface area (Å²) in [5.41, 5.74) is 0.0183. The molecule has 0 bridgehead atoms. The van der Waals surface area contributed by atoms with Crippen LogP contribution in [0.2, 0.25) is 0 Å². The average molecular weight is 306 g/mol. The van der Waals surface area contributed by atoms with E-state index in [1.54, 1.807) is 6.92 Å². The van der Waals surface area contributed by atoms with Crippen molar-refractivity contribution in [2.45, 2.75) is 19.6 Å². The van der Waals surface area contributed by atoms with Crippen LogP contribution < -0.4 is 5.56 Å². The molecule has 3 aromatic rings. The molecule has 2 heterocycles. The minimum absolute atomic E-state index is 0.0886. The Morgan fingerprint density at radius 1 is 1.32 bits per heavy atom. The van der Waals surface area contributed by atoms with E-state index >= 15 is 0 Å². The summed E-state index contributed by atoms with van der Waals surface area (Å²) in [6.07, 6.45) is -0.0839. The Kier molecular flexibility index (Phi) is 3.45. The van der Waals surface area contributed by atoms with E-state index in [9.17, 15) is 18.7 Å². The van der Waals surface area contributed by atoms with Gasteiger partial charge in [0.15, 0.2) is 0 Å². The lowest BCUT2D eigenvalue weighted by Gasteiger charge is -2.17. The van der Waals surface area contributed by atoms with Gasteiger partial charge in [-0.25, -0.2) is 8.78 Å². The van der Waals surface area contributed by atoms with Crippen LogP contribution in [0.1, 0.15) is 17.4 Å². The van der Waals surface area contributed by atoms with Crippen LogP contribution in [0.15, 0.2) is 35.4 Å². The fourth-order valence-corrected chi connectivity index (χ4v) is 2.32. The summed E-state index contributed by atoms with van der Waals surface area (Å²) >= 11 is 0. The number of rotatable bonds is 3. The number of halogens is 2. The Bertz CT molecular complexity index is 903. The minimum Gasteiger partial charge on any atom is -0.386 e. The fraction of sp³-hybridized carbons (Fsp3) is 0.214. The first kappa shape index (κ1) is 14.3. The second-order valence-corrected chi connectivity index (χ2v) is 4.89. The van der Waals surface area contributed by atoms with Crippen molar-refractivity contribution in [3.63, 3.8) is 0 Å². The van der Waals surface area contributed by atoms with E-state index in [4.69, 9.17) is 0 Å². The molecular weight excluding hydrogens is 294 g/mol. The molecule has 1 unspecified atom stereocenters. The molecule has 0 saturated heterocycles. The van der Waals surface area contributed by atoms with Crippen molar-refractivity contribution in [1.82, 2.24) is 19.2 Å². The van der Waals surface area contributed by atoms with Crippen molar-refractivity contribution in [1.29, 1.82) is 0 Å². The fourth-order valence-electron chi connectivity index (χ4n) is 2.32. The number of aryl methyl sites for hydroxylation is 1. The Morgan fingerprint density at radius 2 is 2.09 bits per heavy atom. The van der Waals surface area contributed by atoms with Crippen LogP contribution in [0.4, 0.5) is 8.78 Å². The Hall–Kier alpha value is -2.61. The van der Waals surface area contributed by atoms with Crippen molar-refractivity contribution < 1.29 is 13.9 Å². The summed E-state index contributed by atoms with van der Waals surface area (Å²) in [6.45, 7) is 1.57. The number of benzene rings is 1. The van der Waals surface area contributed by atoms with E-state index in [1.165, 1.54) is 17.0 Å². The monoisotopic (exact) mass is 306 g/mol. The highest BCUT2D eigenvalue weighted by Gasteiger charge is 2.17. The average Bonchev–Trinajstić information content (AvgIpc) is 2.95. The molecule has 0 aliphatic heterocycles. The summed E-state index contributed by atoms with van der Waals surface area (Å²) in [4.78, 5) is 15.7. The lowest BCUT2D eigenvalue weighted by atomic mass is 10.1. The third kappa shape index (κ3) is 2.37. The number of hydrogen-bond acceptors (Lipinski definition) is 4. The maximum atomic E-state index is 13.7. The molecule has 0 saturated carbocycles. The smallest absolute Gasteiger partial charge is 0.275 e. The number of aliphatic hydroxyl groups excluding tert-OH is 1. The third-order valence-corrected chi connectivity index (χ3v) is 3.41. The molecule has 6 nitrogen and oxygen atoms in total. The molecule has 1 aromatic carbocycles. The SMILES string of the molecule is Cc1cc(=O)n2ncnc2n1CC(O)c1cc(F)ccc1F. The maximum Gasteiger partial charge on any atom is 0.275 e. The van der Waals surface area contributed by atoms with Crippen LogP contribution in [0.3, 0.4) is 0 Å².